The third kappa shape index (κ3) is 2.53. The topological polar surface area (TPSA) is 58.6 Å². The van der Waals surface area contributed by atoms with Gasteiger partial charge in [-0.3, -0.25) is 9.59 Å². The monoisotopic (exact) mass is 296 g/mol. The number of carbonyl (C=O) groups is 2. The Hall–Kier alpha value is -2.82. The van der Waals surface area contributed by atoms with E-state index in [9.17, 15) is 9.59 Å². The first-order valence-electron chi connectivity index (χ1n) is 7.05. The van der Waals surface area contributed by atoms with Gasteiger partial charge >= 0.3 is 0 Å². The minimum Gasteiger partial charge on any atom is -0.477 e. The van der Waals surface area contributed by atoms with Crippen LogP contribution in [0.25, 0.3) is 0 Å². The van der Waals surface area contributed by atoms with Crippen LogP contribution >= 0.6 is 0 Å². The summed E-state index contributed by atoms with van der Waals surface area (Å²) in [5, 5.41) is 2.56. The van der Waals surface area contributed by atoms with Gasteiger partial charge in [0.1, 0.15) is 5.75 Å². The maximum atomic E-state index is 12.8. The molecule has 0 bridgehead atoms. The summed E-state index contributed by atoms with van der Waals surface area (Å²) in [5.74, 6) is 0.136. The van der Waals surface area contributed by atoms with Gasteiger partial charge in [0.15, 0.2) is 6.10 Å². The van der Waals surface area contributed by atoms with Crippen LogP contribution in [0.3, 0.4) is 0 Å². The minimum atomic E-state index is -0.715. The van der Waals surface area contributed by atoms with E-state index < -0.39 is 6.10 Å². The van der Waals surface area contributed by atoms with Gasteiger partial charge in [0, 0.05) is 12.6 Å². The second kappa shape index (κ2) is 5.89. The van der Waals surface area contributed by atoms with Gasteiger partial charge in [-0.05, 0) is 24.3 Å². The SMILES string of the molecule is CNC(=O)C1CN(C(=O)c2ccccc2)c2ccccc2O1. The van der Waals surface area contributed by atoms with E-state index in [1.807, 2.05) is 36.4 Å². The van der Waals surface area contributed by atoms with E-state index in [1.165, 1.54) is 0 Å². The number of amides is 2. The van der Waals surface area contributed by atoms with Crippen molar-refractivity contribution in [1.29, 1.82) is 0 Å². The normalized spacial score (nSPS) is 16.4. The first-order chi connectivity index (χ1) is 10.7. The lowest BCUT2D eigenvalue weighted by atomic mass is 10.1. The molecule has 1 aliphatic heterocycles. The van der Waals surface area contributed by atoms with E-state index >= 15 is 0 Å². The number of carbonyl (C=O) groups excluding carboxylic acids is 2. The number of likely N-dealkylation sites (N-methyl/N-ethyl adjacent to an activating group) is 1. The van der Waals surface area contributed by atoms with E-state index in [0.29, 0.717) is 17.0 Å². The molecule has 1 N–H and O–H groups in total. The standard InChI is InChI=1S/C17H16N2O3/c1-18-16(20)15-11-19(13-9-5-6-10-14(13)22-15)17(21)12-7-3-2-4-8-12/h2-10,15H,11H2,1H3,(H,18,20). The zero-order valence-electron chi connectivity index (χ0n) is 12.2. The highest BCUT2D eigenvalue weighted by atomic mass is 16.5. The van der Waals surface area contributed by atoms with E-state index in [4.69, 9.17) is 4.74 Å². The Labute approximate surface area is 128 Å². The van der Waals surface area contributed by atoms with E-state index in [1.54, 1.807) is 30.1 Å². The number of nitrogens with one attached hydrogen (secondary N) is 1. The van der Waals surface area contributed by atoms with Crippen LogP contribution in [0.4, 0.5) is 5.69 Å². The van der Waals surface area contributed by atoms with Crippen LogP contribution in [-0.4, -0.2) is 31.5 Å². The highest BCUT2D eigenvalue weighted by Crippen LogP contribution is 2.34. The van der Waals surface area contributed by atoms with Crippen LogP contribution in [-0.2, 0) is 4.79 Å². The molecule has 1 aliphatic rings. The molecule has 112 valence electrons. The Balaban J connectivity index is 1.98. The third-order valence-corrected chi connectivity index (χ3v) is 3.58. The molecule has 0 radical (unpaired) electrons. The Morgan fingerprint density at radius 3 is 2.50 bits per heavy atom. The van der Waals surface area contributed by atoms with Crippen molar-refractivity contribution < 1.29 is 14.3 Å². The second-order valence-electron chi connectivity index (χ2n) is 4.97. The lowest BCUT2D eigenvalue weighted by molar-refractivity contribution is -0.127. The molecule has 1 heterocycles. The van der Waals surface area contributed by atoms with Gasteiger partial charge in [-0.1, -0.05) is 30.3 Å². The van der Waals surface area contributed by atoms with Crippen molar-refractivity contribution in [2.75, 3.05) is 18.5 Å². The number of benzene rings is 2. The zero-order valence-corrected chi connectivity index (χ0v) is 12.2. The van der Waals surface area contributed by atoms with Crippen molar-refractivity contribution in [2.24, 2.45) is 0 Å². The maximum absolute atomic E-state index is 12.8. The van der Waals surface area contributed by atoms with Crippen LogP contribution in [0.2, 0.25) is 0 Å². The predicted molar refractivity (Wildman–Crippen MR) is 83.0 cm³/mol. The Morgan fingerprint density at radius 2 is 1.77 bits per heavy atom. The highest BCUT2D eigenvalue weighted by Gasteiger charge is 2.33. The average molecular weight is 296 g/mol. The first-order valence-corrected chi connectivity index (χ1v) is 7.05. The number of hydrogen-bond donors (Lipinski definition) is 1. The molecule has 5 nitrogen and oxygen atoms in total. The quantitative estimate of drug-likeness (QED) is 0.920. The molecule has 1 atom stereocenters. The molecule has 2 aromatic rings. The van der Waals surface area contributed by atoms with Gasteiger partial charge in [0.2, 0.25) is 0 Å². The summed E-state index contributed by atoms with van der Waals surface area (Å²) in [7, 11) is 1.55. The van der Waals surface area contributed by atoms with E-state index in [2.05, 4.69) is 5.32 Å². The zero-order chi connectivity index (χ0) is 15.5. The van der Waals surface area contributed by atoms with Crippen molar-refractivity contribution in [2.45, 2.75) is 6.10 Å². The number of hydrogen-bond acceptors (Lipinski definition) is 3. The molecule has 2 amide bonds. The summed E-state index contributed by atoms with van der Waals surface area (Å²) in [6, 6.07) is 16.2. The summed E-state index contributed by atoms with van der Waals surface area (Å²) in [6.45, 7) is 0.185. The smallest absolute Gasteiger partial charge is 0.262 e. The highest BCUT2D eigenvalue weighted by molar-refractivity contribution is 6.07. The molecule has 0 fully saturated rings. The molecule has 0 spiro atoms. The Kier molecular flexibility index (Phi) is 3.78. The molecule has 0 aliphatic carbocycles. The Morgan fingerprint density at radius 1 is 1.09 bits per heavy atom. The summed E-state index contributed by atoms with van der Waals surface area (Å²) in [4.78, 5) is 26.3. The molecule has 0 aromatic heterocycles. The fourth-order valence-corrected chi connectivity index (χ4v) is 2.46. The van der Waals surface area contributed by atoms with Gasteiger partial charge in [-0.25, -0.2) is 0 Å². The molecule has 22 heavy (non-hydrogen) atoms. The van der Waals surface area contributed by atoms with Gasteiger partial charge < -0.3 is 15.0 Å². The number of ether oxygens (including phenoxy) is 1. The molecule has 0 saturated carbocycles. The van der Waals surface area contributed by atoms with Gasteiger partial charge in [0.25, 0.3) is 11.8 Å². The molecule has 5 heteroatoms. The Bertz CT molecular complexity index is 700. The van der Waals surface area contributed by atoms with Crippen LogP contribution in [0.5, 0.6) is 5.75 Å². The summed E-state index contributed by atoms with van der Waals surface area (Å²) in [5.41, 5.74) is 1.26. The molecule has 1 unspecified atom stereocenters. The van der Waals surface area contributed by atoms with Crippen molar-refractivity contribution in [3.63, 3.8) is 0 Å². The van der Waals surface area contributed by atoms with Gasteiger partial charge in [-0.15, -0.1) is 0 Å². The van der Waals surface area contributed by atoms with E-state index in [-0.39, 0.29) is 18.4 Å². The van der Waals surface area contributed by atoms with Crippen LogP contribution < -0.4 is 15.0 Å². The van der Waals surface area contributed by atoms with Crippen molar-refractivity contribution in [3.8, 4) is 5.75 Å². The van der Waals surface area contributed by atoms with Gasteiger partial charge in [-0.2, -0.15) is 0 Å². The number of anilines is 1. The molecular formula is C17H16N2O3. The van der Waals surface area contributed by atoms with Crippen molar-refractivity contribution in [3.05, 3.63) is 60.2 Å². The van der Waals surface area contributed by atoms with Crippen molar-refractivity contribution in [1.82, 2.24) is 5.32 Å². The maximum Gasteiger partial charge on any atom is 0.262 e. The number of fused-ring (bicyclic) bond motifs is 1. The summed E-state index contributed by atoms with van der Waals surface area (Å²) >= 11 is 0. The minimum absolute atomic E-state index is 0.148. The molecule has 0 saturated heterocycles. The summed E-state index contributed by atoms with van der Waals surface area (Å²) < 4.78 is 5.69. The van der Waals surface area contributed by atoms with Crippen molar-refractivity contribution >= 4 is 17.5 Å². The lowest BCUT2D eigenvalue weighted by Gasteiger charge is -2.34. The number of para-hydroxylation sites is 2. The van der Waals surface area contributed by atoms with Crippen LogP contribution in [0.15, 0.2) is 54.6 Å². The molecular weight excluding hydrogens is 280 g/mol. The molecule has 2 aromatic carbocycles. The summed E-state index contributed by atoms with van der Waals surface area (Å²) in [6.07, 6.45) is -0.715. The lowest BCUT2D eigenvalue weighted by Crippen LogP contribution is -2.50. The number of rotatable bonds is 2. The first kappa shape index (κ1) is 14.1. The van der Waals surface area contributed by atoms with Crippen LogP contribution in [0, 0.1) is 0 Å². The van der Waals surface area contributed by atoms with Crippen LogP contribution in [0.1, 0.15) is 10.4 Å². The average Bonchev–Trinajstić information content (AvgIpc) is 2.60. The third-order valence-electron chi connectivity index (χ3n) is 3.58. The largest absolute Gasteiger partial charge is 0.477 e. The number of nitrogens with zero attached hydrogens (tertiary/aromatic N) is 1. The van der Waals surface area contributed by atoms with E-state index in [0.717, 1.165) is 0 Å². The predicted octanol–water partition coefficient (Wildman–Crippen LogP) is 1.84. The second-order valence-corrected chi connectivity index (χ2v) is 4.97. The molecule has 3 rings (SSSR count). The fraction of sp³-hybridized carbons (Fsp3) is 0.176. The fourth-order valence-electron chi connectivity index (χ4n) is 2.46. The van der Waals surface area contributed by atoms with Gasteiger partial charge in [0.05, 0.1) is 12.2 Å².